The molecule has 12 nitrogen and oxygen atoms in total. The normalized spacial score (nSPS) is 37.5. The third-order valence-electron chi connectivity index (χ3n) is 20.7. The first-order chi connectivity index (χ1) is 37.7. The van der Waals surface area contributed by atoms with Crippen LogP contribution in [-0.4, -0.2) is 87.4 Å². The Morgan fingerprint density at radius 3 is 1.36 bits per heavy atom. The fraction of sp³-hybridized carbons (Fsp3) is 0.776. The molecule has 14 fully saturated rings. The Balaban J connectivity index is 0.000000146. The minimum absolute atomic E-state index is 0.163. The van der Waals surface area contributed by atoms with E-state index in [2.05, 4.69) is 60.6 Å². The third kappa shape index (κ3) is 14.8. The molecule has 14 rings (SSSR count). The molecule has 14 aliphatic rings. The van der Waals surface area contributed by atoms with E-state index in [1.807, 2.05) is 0 Å². The van der Waals surface area contributed by atoms with E-state index in [0.29, 0.717) is 82.3 Å². The number of hydrogen-bond acceptors (Lipinski definition) is 13. The summed E-state index contributed by atoms with van der Waals surface area (Å²) in [7, 11) is 0. The standard InChI is InChI=1S/C17H26O2.C16H24O2.C14H20O3.C12H20O2.C8H12O3S/c1-10(2)16(18)19-17(11(3)4)14-6-12-5-13(8-14)9-15(17)7-12;1-4-16(18-15(17)10(2)3)13-6-11-5-12(8-13)9-14(16)7-11;1-9(2)12(15)17-14-6-10-3-11(7-14)5-13(16,4-10)8-14;1-4-12(8-6-5-7-9-12)14-11(13)10(2)3;1-6(2)8(9)11-7-5-12-4-3-10-7/h11-15H,1,5-9H2,2-4H3;11-14H,2,4-9H2,1,3H3;10-11,16H,1,3-8H2,2H3;2,4-9H2,1,3H3;7H,1,3-5H2,2H3. The van der Waals surface area contributed by atoms with Gasteiger partial charge in [-0.05, 0) is 235 Å². The van der Waals surface area contributed by atoms with Gasteiger partial charge in [0.25, 0.3) is 0 Å². The van der Waals surface area contributed by atoms with Crippen LogP contribution < -0.4 is 0 Å². The number of hydrogen-bond donors (Lipinski definition) is 1. The number of ether oxygens (including phenoxy) is 6. The lowest BCUT2D eigenvalue weighted by atomic mass is 9.47. The van der Waals surface area contributed by atoms with E-state index in [1.54, 1.807) is 46.4 Å². The van der Waals surface area contributed by atoms with Gasteiger partial charge in [-0.25, -0.2) is 24.0 Å². The van der Waals surface area contributed by atoms with Crippen molar-refractivity contribution in [3.05, 3.63) is 60.8 Å². The SMILES string of the molecule is C=C(C)C(=O)OC1(C(C)C)C2CC3CC(C2)CC1C3.C=C(C)C(=O)OC1(CC)C2CC3CC(C2)CC1C3.C=C(C)C(=O)OC1(CC)CCCCC1.C=C(C)C(=O)OC12CC3CC(CC(O)(C3)C1)C2.C=C(C)C(=O)OC1CSCCO1. The van der Waals surface area contributed by atoms with Crippen LogP contribution in [0.3, 0.4) is 0 Å². The monoisotopic (exact) mass is 1130 g/mol. The molecule has 3 atom stereocenters. The van der Waals surface area contributed by atoms with Crippen LogP contribution in [0.25, 0.3) is 0 Å². The van der Waals surface area contributed by atoms with Crippen LogP contribution in [0.4, 0.5) is 0 Å². The van der Waals surface area contributed by atoms with E-state index in [9.17, 15) is 29.1 Å². The van der Waals surface area contributed by atoms with Crippen molar-refractivity contribution in [1.29, 1.82) is 0 Å². The highest BCUT2D eigenvalue weighted by Crippen LogP contribution is 2.63. The largest absolute Gasteiger partial charge is 0.456 e. The number of esters is 5. The highest BCUT2D eigenvalue weighted by Gasteiger charge is 2.62. The van der Waals surface area contributed by atoms with E-state index in [0.717, 1.165) is 86.5 Å². The van der Waals surface area contributed by atoms with Gasteiger partial charge in [-0.3, -0.25) is 0 Å². The van der Waals surface area contributed by atoms with Crippen molar-refractivity contribution in [1.82, 2.24) is 0 Å². The first-order valence-electron chi connectivity index (χ1n) is 31.0. The lowest BCUT2D eigenvalue weighted by Gasteiger charge is -2.61. The highest BCUT2D eigenvalue weighted by atomic mass is 32.2. The van der Waals surface area contributed by atoms with Crippen LogP contribution in [-0.2, 0) is 52.4 Å². The second-order valence-corrected chi connectivity index (χ2v) is 28.8. The topological polar surface area (TPSA) is 161 Å². The van der Waals surface area contributed by atoms with Crippen LogP contribution in [0.2, 0.25) is 0 Å². The van der Waals surface area contributed by atoms with Gasteiger partial charge in [0.2, 0.25) is 6.29 Å². The average molecular weight is 1130 g/mol. The van der Waals surface area contributed by atoms with Gasteiger partial charge in [0.15, 0.2) is 0 Å². The molecule has 80 heavy (non-hydrogen) atoms. The molecule has 0 aromatic rings. The van der Waals surface area contributed by atoms with Crippen LogP contribution in [0.5, 0.6) is 0 Å². The zero-order valence-electron chi connectivity index (χ0n) is 50.7. The van der Waals surface area contributed by atoms with E-state index in [1.165, 1.54) is 89.9 Å². The van der Waals surface area contributed by atoms with Gasteiger partial charge in [0.05, 0.1) is 18.0 Å². The maximum Gasteiger partial charge on any atom is 0.335 e. The molecule has 448 valence electrons. The molecular formula is C67H102O12S. The fourth-order valence-electron chi connectivity index (χ4n) is 17.7. The van der Waals surface area contributed by atoms with Crippen molar-refractivity contribution in [2.75, 3.05) is 18.1 Å². The van der Waals surface area contributed by atoms with Gasteiger partial charge in [0, 0.05) is 40.0 Å². The summed E-state index contributed by atoms with van der Waals surface area (Å²) < 4.78 is 33.5. The minimum Gasteiger partial charge on any atom is -0.456 e. The summed E-state index contributed by atoms with van der Waals surface area (Å²) in [4.78, 5) is 58.3. The molecule has 1 heterocycles. The van der Waals surface area contributed by atoms with Crippen molar-refractivity contribution in [2.45, 2.75) is 244 Å². The molecule has 0 radical (unpaired) electrons. The summed E-state index contributed by atoms with van der Waals surface area (Å²) in [5.41, 5.74) is 0.922. The summed E-state index contributed by atoms with van der Waals surface area (Å²) in [6.45, 7) is 36.1. The van der Waals surface area contributed by atoms with Crippen molar-refractivity contribution in [3.8, 4) is 0 Å². The number of thioether (sulfide) groups is 1. The molecule has 13 saturated carbocycles. The summed E-state index contributed by atoms with van der Waals surface area (Å²) in [6, 6.07) is 0. The molecule has 12 bridgehead atoms. The van der Waals surface area contributed by atoms with Gasteiger partial charge in [0.1, 0.15) is 22.4 Å². The molecule has 1 saturated heterocycles. The van der Waals surface area contributed by atoms with Gasteiger partial charge < -0.3 is 33.5 Å². The highest BCUT2D eigenvalue weighted by molar-refractivity contribution is 7.99. The Hall–Kier alpha value is -3.68. The maximum atomic E-state index is 12.1. The second-order valence-electron chi connectivity index (χ2n) is 27.6. The van der Waals surface area contributed by atoms with Crippen molar-refractivity contribution >= 4 is 41.6 Å². The minimum atomic E-state index is -0.570. The lowest BCUT2D eigenvalue weighted by Crippen LogP contribution is -2.62. The van der Waals surface area contributed by atoms with E-state index >= 15 is 0 Å². The van der Waals surface area contributed by atoms with E-state index < -0.39 is 11.2 Å². The summed E-state index contributed by atoms with van der Waals surface area (Å²) in [6.07, 6.45) is 25.8. The predicted octanol–water partition coefficient (Wildman–Crippen LogP) is 14.3. The van der Waals surface area contributed by atoms with Gasteiger partial charge in [-0.2, -0.15) is 11.8 Å². The number of aliphatic hydroxyl groups is 1. The summed E-state index contributed by atoms with van der Waals surface area (Å²) in [5, 5.41) is 10.5. The molecule has 0 amide bonds. The van der Waals surface area contributed by atoms with Crippen molar-refractivity contribution < 1.29 is 57.5 Å². The Morgan fingerprint density at radius 2 is 0.963 bits per heavy atom. The van der Waals surface area contributed by atoms with Gasteiger partial charge >= 0.3 is 29.8 Å². The van der Waals surface area contributed by atoms with Crippen LogP contribution in [0.1, 0.15) is 210 Å². The fourth-order valence-corrected chi connectivity index (χ4v) is 18.5. The molecule has 1 aliphatic heterocycles. The Morgan fingerprint density at radius 1 is 0.537 bits per heavy atom. The van der Waals surface area contributed by atoms with Crippen LogP contribution >= 0.6 is 11.8 Å². The third-order valence-corrected chi connectivity index (χ3v) is 21.7. The van der Waals surface area contributed by atoms with E-state index in [-0.39, 0.29) is 52.9 Å². The molecule has 1 N–H and O–H groups in total. The first-order valence-corrected chi connectivity index (χ1v) is 32.2. The van der Waals surface area contributed by atoms with Crippen molar-refractivity contribution in [3.63, 3.8) is 0 Å². The number of carbonyl (C=O) groups is 5. The van der Waals surface area contributed by atoms with Gasteiger partial charge in [-0.1, -0.05) is 67.0 Å². The smallest absolute Gasteiger partial charge is 0.335 e. The van der Waals surface area contributed by atoms with Gasteiger partial charge in [-0.15, -0.1) is 0 Å². The van der Waals surface area contributed by atoms with E-state index in [4.69, 9.17) is 28.4 Å². The lowest BCUT2D eigenvalue weighted by molar-refractivity contribution is -0.221. The molecular weight excluding hydrogens is 1030 g/mol. The quantitative estimate of drug-likeness (QED) is 0.105. The Labute approximate surface area is 485 Å². The average Bonchev–Trinajstić information content (AvgIpc) is 3.38. The predicted molar refractivity (Wildman–Crippen MR) is 315 cm³/mol. The Kier molecular flexibility index (Phi) is 21.2. The molecule has 0 aromatic carbocycles. The molecule has 3 unspecified atom stereocenters. The zero-order chi connectivity index (χ0) is 58.5. The molecule has 13 aliphatic carbocycles. The molecule has 13 heteroatoms. The number of rotatable bonds is 13. The zero-order valence-corrected chi connectivity index (χ0v) is 51.5. The molecule has 0 spiro atoms. The second kappa shape index (κ2) is 26.5. The summed E-state index contributed by atoms with van der Waals surface area (Å²) >= 11 is 1.72. The first kappa shape index (κ1) is 63.9. The Bertz CT molecular complexity index is 2240. The summed E-state index contributed by atoms with van der Waals surface area (Å²) in [5.74, 6) is 7.96. The number of carbonyl (C=O) groups excluding carboxylic acids is 5. The molecule has 0 aromatic heterocycles. The maximum absolute atomic E-state index is 12.1. The van der Waals surface area contributed by atoms with Crippen molar-refractivity contribution in [2.24, 2.45) is 65.1 Å². The van der Waals surface area contributed by atoms with Crippen LogP contribution in [0.15, 0.2) is 60.8 Å². The van der Waals surface area contributed by atoms with Crippen LogP contribution in [0, 0.1) is 65.1 Å².